The molecule has 6 nitrogen and oxygen atoms in total. The van der Waals surface area contributed by atoms with Gasteiger partial charge in [0.1, 0.15) is 13.2 Å². The normalized spacial score (nSPS) is 12.0. The molecule has 0 spiro atoms. The molecule has 0 saturated carbocycles. The van der Waals surface area contributed by atoms with Gasteiger partial charge in [-0.25, -0.2) is 0 Å². The van der Waals surface area contributed by atoms with Crippen LogP contribution < -0.4 is 0 Å². The summed E-state index contributed by atoms with van der Waals surface area (Å²) in [6.07, 6.45) is 63.9. The molecule has 0 saturated heterocycles. The molecule has 422 valence electrons. The molecule has 0 radical (unpaired) electrons. The first-order valence-electron chi connectivity index (χ1n) is 32.2. The standard InChI is InChI=1S/C65H126O6/c1-6-7-8-9-10-11-12-13-18-25-30-35-40-45-50-55-63(66)69-58-62(59-70-64(67)56-51-46-41-36-31-26-22-21-24-29-34-39-44-49-54-61(4)5)71-65(68)57-52-47-42-37-32-27-20-17-15-14-16-19-23-28-33-38-43-48-53-60(2)3/h60-62H,6-59H2,1-5H3/t62-/m1/s1. The van der Waals surface area contributed by atoms with E-state index in [1.807, 2.05) is 0 Å². The number of carbonyl (C=O) groups is 3. The van der Waals surface area contributed by atoms with Gasteiger partial charge in [0.25, 0.3) is 0 Å². The molecule has 0 bridgehead atoms. The molecule has 0 aromatic heterocycles. The number of unbranched alkanes of at least 4 members (excludes halogenated alkanes) is 44. The fraction of sp³-hybridized carbons (Fsp3) is 0.954. The molecule has 0 aliphatic carbocycles. The van der Waals surface area contributed by atoms with Gasteiger partial charge < -0.3 is 14.2 Å². The molecule has 0 unspecified atom stereocenters. The van der Waals surface area contributed by atoms with Gasteiger partial charge in [-0.05, 0) is 31.1 Å². The molecule has 71 heavy (non-hydrogen) atoms. The van der Waals surface area contributed by atoms with Gasteiger partial charge in [-0.1, -0.05) is 330 Å². The highest BCUT2D eigenvalue weighted by Gasteiger charge is 2.19. The van der Waals surface area contributed by atoms with Gasteiger partial charge in [-0.2, -0.15) is 0 Å². The van der Waals surface area contributed by atoms with Crippen molar-refractivity contribution in [2.75, 3.05) is 13.2 Å². The lowest BCUT2D eigenvalue weighted by atomic mass is 10.0. The highest BCUT2D eigenvalue weighted by Crippen LogP contribution is 2.19. The maximum atomic E-state index is 12.9. The zero-order valence-corrected chi connectivity index (χ0v) is 48.9. The average molecular weight is 1000 g/mol. The molecule has 0 aliphatic rings. The van der Waals surface area contributed by atoms with Gasteiger partial charge >= 0.3 is 17.9 Å². The third-order valence-electron chi connectivity index (χ3n) is 15.0. The lowest BCUT2D eigenvalue weighted by Crippen LogP contribution is -2.30. The molecule has 6 heteroatoms. The van der Waals surface area contributed by atoms with E-state index >= 15 is 0 Å². The predicted molar refractivity (Wildman–Crippen MR) is 307 cm³/mol. The average Bonchev–Trinajstić information content (AvgIpc) is 3.35. The first-order valence-corrected chi connectivity index (χ1v) is 32.2. The summed E-state index contributed by atoms with van der Waals surface area (Å²) in [5.41, 5.74) is 0. The van der Waals surface area contributed by atoms with Crippen molar-refractivity contribution >= 4 is 17.9 Å². The first kappa shape index (κ1) is 69.4. The lowest BCUT2D eigenvalue weighted by Gasteiger charge is -2.18. The maximum Gasteiger partial charge on any atom is 0.306 e. The zero-order chi connectivity index (χ0) is 51.8. The number of ether oxygens (including phenoxy) is 3. The Hall–Kier alpha value is -1.59. The molecular formula is C65H126O6. The van der Waals surface area contributed by atoms with Crippen molar-refractivity contribution in [2.45, 2.75) is 375 Å². The second-order valence-corrected chi connectivity index (χ2v) is 23.4. The summed E-state index contributed by atoms with van der Waals surface area (Å²) >= 11 is 0. The Labute approximate surface area is 444 Å². The van der Waals surface area contributed by atoms with E-state index in [0.29, 0.717) is 19.3 Å². The van der Waals surface area contributed by atoms with Gasteiger partial charge in [-0.3, -0.25) is 14.4 Å². The molecule has 0 aromatic rings. The van der Waals surface area contributed by atoms with Crippen molar-refractivity contribution in [3.63, 3.8) is 0 Å². The smallest absolute Gasteiger partial charge is 0.306 e. The Morgan fingerprint density at radius 3 is 0.690 bits per heavy atom. The number of rotatable bonds is 59. The Morgan fingerprint density at radius 2 is 0.465 bits per heavy atom. The minimum Gasteiger partial charge on any atom is -0.462 e. The van der Waals surface area contributed by atoms with E-state index in [0.717, 1.165) is 69.6 Å². The predicted octanol–water partition coefficient (Wildman–Crippen LogP) is 21.6. The number of hydrogen-bond donors (Lipinski definition) is 0. The van der Waals surface area contributed by atoms with Gasteiger partial charge in [0.2, 0.25) is 0 Å². The third kappa shape index (κ3) is 59.2. The van der Waals surface area contributed by atoms with Gasteiger partial charge in [0, 0.05) is 19.3 Å². The van der Waals surface area contributed by atoms with Crippen molar-refractivity contribution in [3.05, 3.63) is 0 Å². The summed E-state index contributed by atoms with van der Waals surface area (Å²) in [7, 11) is 0. The van der Waals surface area contributed by atoms with Crippen molar-refractivity contribution in [3.8, 4) is 0 Å². The molecule has 0 aromatic carbocycles. The quantitative estimate of drug-likeness (QED) is 0.0343. The summed E-state index contributed by atoms with van der Waals surface area (Å²) in [4.78, 5) is 38.3. The van der Waals surface area contributed by atoms with Crippen molar-refractivity contribution in [1.82, 2.24) is 0 Å². The SMILES string of the molecule is CCCCCCCCCCCCCCCCCC(=O)OC[C@H](COC(=O)CCCCCCCCCCCCCCCCC(C)C)OC(=O)CCCCCCCCCCCCCCCCCCCCC(C)C. The first-order chi connectivity index (χ1) is 34.7. The highest BCUT2D eigenvalue weighted by molar-refractivity contribution is 5.71. The van der Waals surface area contributed by atoms with Gasteiger partial charge in [-0.15, -0.1) is 0 Å². The van der Waals surface area contributed by atoms with E-state index < -0.39 is 6.10 Å². The zero-order valence-electron chi connectivity index (χ0n) is 48.9. The Bertz CT molecular complexity index is 1090. The maximum absolute atomic E-state index is 12.9. The summed E-state index contributed by atoms with van der Waals surface area (Å²) in [6.45, 7) is 11.5. The largest absolute Gasteiger partial charge is 0.462 e. The van der Waals surface area contributed by atoms with E-state index in [-0.39, 0.29) is 31.1 Å². The van der Waals surface area contributed by atoms with Crippen LogP contribution in [-0.4, -0.2) is 37.2 Å². The number of hydrogen-bond acceptors (Lipinski definition) is 6. The Morgan fingerprint density at radius 1 is 0.268 bits per heavy atom. The molecule has 0 amide bonds. The van der Waals surface area contributed by atoms with Crippen LogP contribution in [0.25, 0.3) is 0 Å². The summed E-state index contributed by atoms with van der Waals surface area (Å²) in [6, 6.07) is 0. The van der Waals surface area contributed by atoms with Crippen molar-refractivity contribution in [2.24, 2.45) is 11.8 Å². The minimum absolute atomic E-state index is 0.0617. The van der Waals surface area contributed by atoms with Crippen LogP contribution in [0.3, 0.4) is 0 Å². The monoisotopic (exact) mass is 1000 g/mol. The van der Waals surface area contributed by atoms with Crippen LogP contribution in [0.4, 0.5) is 0 Å². The summed E-state index contributed by atoms with van der Waals surface area (Å²) < 4.78 is 17.0. The molecule has 1 atom stereocenters. The van der Waals surface area contributed by atoms with Crippen LogP contribution in [0.2, 0.25) is 0 Å². The minimum atomic E-state index is -0.763. The van der Waals surface area contributed by atoms with E-state index in [2.05, 4.69) is 34.6 Å². The summed E-state index contributed by atoms with van der Waals surface area (Å²) in [5.74, 6) is 0.873. The van der Waals surface area contributed by atoms with E-state index in [1.54, 1.807) is 0 Å². The van der Waals surface area contributed by atoms with Crippen LogP contribution >= 0.6 is 0 Å². The fourth-order valence-electron chi connectivity index (χ4n) is 10.1. The van der Waals surface area contributed by atoms with Crippen molar-refractivity contribution in [1.29, 1.82) is 0 Å². The van der Waals surface area contributed by atoms with Crippen LogP contribution in [0.15, 0.2) is 0 Å². The van der Waals surface area contributed by atoms with Crippen LogP contribution in [0, 0.1) is 11.8 Å². The third-order valence-corrected chi connectivity index (χ3v) is 15.0. The van der Waals surface area contributed by atoms with Gasteiger partial charge in [0.15, 0.2) is 6.10 Å². The molecule has 0 aliphatic heterocycles. The lowest BCUT2D eigenvalue weighted by molar-refractivity contribution is -0.167. The molecule has 0 fully saturated rings. The molecular weight excluding hydrogens is 877 g/mol. The number of esters is 3. The van der Waals surface area contributed by atoms with E-state index in [4.69, 9.17) is 14.2 Å². The van der Waals surface area contributed by atoms with E-state index in [1.165, 1.54) is 257 Å². The Balaban J connectivity index is 4.27. The van der Waals surface area contributed by atoms with Gasteiger partial charge in [0.05, 0.1) is 0 Å². The summed E-state index contributed by atoms with van der Waals surface area (Å²) in [5, 5.41) is 0. The number of carbonyl (C=O) groups excluding carboxylic acids is 3. The fourth-order valence-corrected chi connectivity index (χ4v) is 10.1. The van der Waals surface area contributed by atoms with Crippen LogP contribution in [0.1, 0.15) is 369 Å². The highest BCUT2D eigenvalue weighted by atomic mass is 16.6. The second-order valence-electron chi connectivity index (χ2n) is 23.4. The van der Waals surface area contributed by atoms with Crippen LogP contribution in [0.5, 0.6) is 0 Å². The molecule has 0 rings (SSSR count). The topological polar surface area (TPSA) is 78.9 Å². The molecule has 0 heterocycles. The second kappa shape index (κ2) is 57.7. The van der Waals surface area contributed by atoms with E-state index in [9.17, 15) is 14.4 Å². The van der Waals surface area contributed by atoms with Crippen molar-refractivity contribution < 1.29 is 28.6 Å². The van der Waals surface area contributed by atoms with Crippen LogP contribution in [-0.2, 0) is 28.6 Å². The Kier molecular flexibility index (Phi) is 56.4. The molecule has 0 N–H and O–H groups in total.